The number of rotatable bonds is 5. The summed E-state index contributed by atoms with van der Waals surface area (Å²) >= 11 is 0. The van der Waals surface area contributed by atoms with Crippen LogP contribution in [-0.4, -0.2) is 42.6 Å². The van der Waals surface area contributed by atoms with Gasteiger partial charge in [-0.2, -0.15) is 0 Å². The molecular weight excluding hydrogens is 372 g/mol. The smallest absolute Gasteiger partial charge is 0.227 e. The average Bonchev–Trinajstić information content (AvgIpc) is 3.47. The van der Waals surface area contributed by atoms with Crippen LogP contribution in [0.15, 0.2) is 48.5 Å². The Bertz CT molecular complexity index is 848. The van der Waals surface area contributed by atoms with Crippen molar-refractivity contribution in [2.45, 2.75) is 63.5 Å². The number of ether oxygens (including phenoxy) is 1. The molecule has 0 atom stereocenters. The summed E-state index contributed by atoms with van der Waals surface area (Å²) in [6.07, 6.45) is 9.84. The Morgan fingerprint density at radius 2 is 1.37 bits per heavy atom. The van der Waals surface area contributed by atoms with E-state index in [1.165, 1.54) is 49.9 Å². The van der Waals surface area contributed by atoms with Crippen molar-refractivity contribution in [3.63, 3.8) is 0 Å². The summed E-state index contributed by atoms with van der Waals surface area (Å²) in [6.45, 7) is 3.20. The van der Waals surface area contributed by atoms with Gasteiger partial charge < -0.3 is 14.5 Å². The van der Waals surface area contributed by atoms with Gasteiger partial charge in [0.2, 0.25) is 5.91 Å². The summed E-state index contributed by atoms with van der Waals surface area (Å²) in [5.41, 5.74) is 3.35. The Balaban J connectivity index is 1.16. The number of carbonyl (C=O) groups excluding carboxylic acids is 1. The minimum absolute atomic E-state index is 0.235. The van der Waals surface area contributed by atoms with Crippen molar-refractivity contribution in [2.24, 2.45) is 0 Å². The van der Waals surface area contributed by atoms with Gasteiger partial charge in [-0.05, 0) is 67.5 Å². The summed E-state index contributed by atoms with van der Waals surface area (Å²) in [6, 6.07) is 17.6. The predicted octanol–water partition coefficient (Wildman–Crippen LogP) is 5.27. The van der Waals surface area contributed by atoms with E-state index in [4.69, 9.17) is 4.74 Å². The fraction of sp³-hybridized carbons (Fsp3) is 0.500. The van der Waals surface area contributed by atoms with Gasteiger partial charge in [0.05, 0.1) is 0 Å². The van der Waals surface area contributed by atoms with Crippen molar-refractivity contribution < 1.29 is 9.53 Å². The van der Waals surface area contributed by atoms with E-state index in [-0.39, 0.29) is 5.91 Å². The van der Waals surface area contributed by atoms with Crippen LogP contribution in [0.5, 0.6) is 5.75 Å². The molecule has 3 fully saturated rings. The van der Waals surface area contributed by atoms with E-state index in [2.05, 4.69) is 53.4 Å². The van der Waals surface area contributed by atoms with E-state index in [1.54, 1.807) is 0 Å². The molecule has 0 radical (unpaired) electrons. The van der Waals surface area contributed by atoms with E-state index < -0.39 is 0 Å². The predicted molar refractivity (Wildman–Crippen MR) is 121 cm³/mol. The van der Waals surface area contributed by atoms with Crippen molar-refractivity contribution in [1.82, 2.24) is 4.90 Å². The molecule has 0 N–H and O–H groups in total. The van der Waals surface area contributed by atoms with Crippen LogP contribution in [0.4, 0.5) is 5.69 Å². The normalized spacial score (nSPS) is 21.5. The topological polar surface area (TPSA) is 32.8 Å². The third-order valence-electron chi connectivity index (χ3n) is 7.06. The Morgan fingerprint density at radius 3 is 1.97 bits per heavy atom. The quantitative estimate of drug-likeness (QED) is 0.681. The van der Waals surface area contributed by atoms with Crippen molar-refractivity contribution in [3.8, 4) is 16.9 Å². The molecule has 5 rings (SSSR count). The first-order valence-electron chi connectivity index (χ1n) is 11.7. The molecule has 1 amide bonds. The molecule has 2 aromatic carbocycles. The monoisotopic (exact) mass is 404 g/mol. The van der Waals surface area contributed by atoms with Gasteiger partial charge in [-0.15, -0.1) is 0 Å². The summed E-state index contributed by atoms with van der Waals surface area (Å²) in [5.74, 6) is 1.20. The lowest BCUT2D eigenvalue weighted by molar-refractivity contribution is -0.117. The van der Waals surface area contributed by atoms with E-state index >= 15 is 0 Å². The van der Waals surface area contributed by atoms with Gasteiger partial charge in [0, 0.05) is 37.8 Å². The molecule has 2 saturated heterocycles. The van der Waals surface area contributed by atoms with Gasteiger partial charge >= 0.3 is 0 Å². The highest BCUT2D eigenvalue weighted by atomic mass is 16.5. The zero-order valence-corrected chi connectivity index (χ0v) is 17.8. The maximum absolute atomic E-state index is 11.9. The van der Waals surface area contributed by atoms with Gasteiger partial charge in [0.15, 0.2) is 0 Å². The standard InChI is InChI=1S/C26H32N2O2/c29-26-6-3-17-28(26)23-11-7-20(8-12-23)21-9-13-24(14-10-21)30-25-15-18-27(19-16-25)22-4-1-2-5-22/h7-14,22,25H,1-6,15-19H2. The van der Waals surface area contributed by atoms with Gasteiger partial charge in [0.25, 0.3) is 0 Å². The van der Waals surface area contributed by atoms with E-state index in [0.29, 0.717) is 12.5 Å². The molecule has 1 aliphatic carbocycles. The number of benzene rings is 2. The van der Waals surface area contributed by atoms with Crippen LogP contribution in [0.1, 0.15) is 51.4 Å². The first-order chi connectivity index (χ1) is 14.8. The Hall–Kier alpha value is -2.33. The van der Waals surface area contributed by atoms with Crippen LogP contribution >= 0.6 is 0 Å². The second-order valence-electron chi connectivity index (χ2n) is 9.01. The molecule has 4 heteroatoms. The van der Waals surface area contributed by atoms with Crippen LogP contribution in [0.25, 0.3) is 11.1 Å². The average molecular weight is 405 g/mol. The molecule has 3 aliphatic rings. The van der Waals surface area contributed by atoms with Gasteiger partial charge in [0.1, 0.15) is 11.9 Å². The zero-order valence-electron chi connectivity index (χ0n) is 17.8. The highest BCUT2D eigenvalue weighted by molar-refractivity contribution is 5.95. The van der Waals surface area contributed by atoms with Gasteiger partial charge in [-0.1, -0.05) is 37.1 Å². The first kappa shape index (κ1) is 19.6. The first-order valence-corrected chi connectivity index (χ1v) is 11.7. The lowest BCUT2D eigenvalue weighted by Gasteiger charge is -2.36. The summed E-state index contributed by atoms with van der Waals surface area (Å²) in [7, 11) is 0. The van der Waals surface area contributed by atoms with Gasteiger partial charge in [-0.25, -0.2) is 0 Å². The molecule has 158 valence electrons. The zero-order chi connectivity index (χ0) is 20.3. The van der Waals surface area contributed by atoms with Crippen molar-refractivity contribution in [1.29, 1.82) is 0 Å². The number of amides is 1. The molecule has 2 aliphatic heterocycles. The summed E-state index contributed by atoms with van der Waals surface area (Å²) in [5, 5.41) is 0. The van der Waals surface area contributed by atoms with Crippen LogP contribution in [0.2, 0.25) is 0 Å². The number of hydrogen-bond acceptors (Lipinski definition) is 3. The van der Waals surface area contributed by atoms with E-state index in [9.17, 15) is 4.79 Å². The van der Waals surface area contributed by atoms with Crippen molar-refractivity contribution >= 4 is 11.6 Å². The number of likely N-dealkylation sites (tertiary alicyclic amines) is 1. The van der Waals surface area contributed by atoms with Gasteiger partial charge in [-0.3, -0.25) is 4.79 Å². The fourth-order valence-electron chi connectivity index (χ4n) is 5.30. The Kier molecular flexibility index (Phi) is 5.76. The molecule has 0 unspecified atom stereocenters. The van der Waals surface area contributed by atoms with Crippen LogP contribution < -0.4 is 9.64 Å². The van der Waals surface area contributed by atoms with Crippen molar-refractivity contribution in [2.75, 3.05) is 24.5 Å². The molecule has 0 bridgehead atoms. The summed E-state index contributed by atoms with van der Waals surface area (Å²) < 4.78 is 6.28. The molecule has 2 heterocycles. The number of piperidine rings is 1. The van der Waals surface area contributed by atoms with E-state index in [1.807, 2.05) is 4.90 Å². The maximum Gasteiger partial charge on any atom is 0.227 e. The molecule has 0 aromatic heterocycles. The lowest BCUT2D eigenvalue weighted by atomic mass is 10.0. The minimum atomic E-state index is 0.235. The molecule has 1 saturated carbocycles. The molecular formula is C26H32N2O2. The SMILES string of the molecule is O=C1CCCN1c1ccc(-c2ccc(OC3CCN(C4CCCC4)CC3)cc2)cc1. The van der Waals surface area contributed by atoms with Crippen LogP contribution in [0, 0.1) is 0 Å². The highest BCUT2D eigenvalue weighted by Crippen LogP contribution is 2.29. The maximum atomic E-state index is 11.9. The number of anilines is 1. The number of nitrogens with zero attached hydrogens (tertiary/aromatic N) is 2. The third-order valence-corrected chi connectivity index (χ3v) is 7.06. The number of carbonyl (C=O) groups is 1. The second kappa shape index (κ2) is 8.81. The molecule has 0 spiro atoms. The Morgan fingerprint density at radius 1 is 0.733 bits per heavy atom. The Labute approximate surface area is 179 Å². The lowest BCUT2D eigenvalue weighted by Crippen LogP contribution is -2.43. The van der Waals surface area contributed by atoms with E-state index in [0.717, 1.165) is 43.3 Å². The molecule has 2 aromatic rings. The van der Waals surface area contributed by atoms with Crippen molar-refractivity contribution in [3.05, 3.63) is 48.5 Å². The summed E-state index contributed by atoms with van der Waals surface area (Å²) in [4.78, 5) is 16.5. The molecule has 4 nitrogen and oxygen atoms in total. The number of hydrogen-bond donors (Lipinski definition) is 0. The van der Waals surface area contributed by atoms with Crippen LogP contribution in [0.3, 0.4) is 0 Å². The highest BCUT2D eigenvalue weighted by Gasteiger charge is 2.27. The molecule has 30 heavy (non-hydrogen) atoms. The fourth-order valence-corrected chi connectivity index (χ4v) is 5.30. The second-order valence-corrected chi connectivity index (χ2v) is 9.01. The largest absolute Gasteiger partial charge is 0.490 e. The van der Waals surface area contributed by atoms with Crippen LogP contribution in [-0.2, 0) is 4.79 Å². The minimum Gasteiger partial charge on any atom is -0.490 e. The third kappa shape index (κ3) is 4.24.